The van der Waals surface area contributed by atoms with Crippen molar-refractivity contribution in [1.29, 1.82) is 0 Å². The van der Waals surface area contributed by atoms with Crippen molar-refractivity contribution in [2.24, 2.45) is 5.73 Å². The van der Waals surface area contributed by atoms with Crippen LogP contribution in [0.5, 0.6) is 0 Å². The Hall–Kier alpha value is -1.06. The molecule has 0 fully saturated rings. The van der Waals surface area contributed by atoms with E-state index in [1.54, 1.807) is 0 Å². The first kappa shape index (κ1) is 16.0. The summed E-state index contributed by atoms with van der Waals surface area (Å²) in [6.45, 7) is 8.71. The molecular formula is C16H28N2O. The van der Waals surface area contributed by atoms with Gasteiger partial charge in [0.15, 0.2) is 0 Å². The normalized spacial score (nSPS) is 10.7. The van der Waals surface area contributed by atoms with Gasteiger partial charge in [-0.2, -0.15) is 0 Å². The van der Waals surface area contributed by atoms with E-state index in [0.717, 1.165) is 39.1 Å². The molecule has 0 bridgehead atoms. The van der Waals surface area contributed by atoms with E-state index in [0.29, 0.717) is 6.54 Å². The molecule has 1 rings (SSSR count). The second kappa shape index (κ2) is 9.82. The molecule has 1 aromatic rings. The highest BCUT2D eigenvalue weighted by molar-refractivity contribution is 5.47. The number of anilines is 1. The van der Waals surface area contributed by atoms with Gasteiger partial charge < -0.3 is 15.4 Å². The third kappa shape index (κ3) is 6.08. The molecule has 0 saturated carbocycles. The molecule has 0 amide bonds. The van der Waals surface area contributed by atoms with E-state index in [9.17, 15) is 0 Å². The minimum atomic E-state index is 0.605. The number of hydrogen-bond donors (Lipinski definition) is 1. The molecule has 19 heavy (non-hydrogen) atoms. The quantitative estimate of drug-likeness (QED) is 0.660. The van der Waals surface area contributed by atoms with E-state index in [-0.39, 0.29) is 0 Å². The molecule has 0 atom stereocenters. The molecule has 0 saturated heterocycles. The monoisotopic (exact) mass is 264 g/mol. The van der Waals surface area contributed by atoms with Crippen LogP contribution in [0.15, 0.2) is 24.3 Å². The van der Waals surface area contributed by atoms with Gasteiger partial charge in [0.05, 0.1) is 6.61 Å². The van der Waals surface area contributed by atoms with Crippen molar-refractivity contribution < 1.29 is 4.74 Å². The van der Waals surface area contributed by atoms with Crippen LogP contribution in [0.1, 0.15) is 38.7 Å². The highest BCUT2D eigenvalue weighted by atomic mass is 16.5. The minimum absolute atomic E-state index is 0.605. The molecule has 0 aliphatic carbocycles. The average Bonchev–Trinajstić information content (AvgIpc) is 2.46. The van der Waals surface area contributed by atoms with Gasteiger partial charge in [-0.1, -0.05) is 32.4 Å². The fourth-order valence-corrected chi connectivity index (χ4v) is 2.01. The van der Waals surface area contributed by atoms with Crippen molar-refractivity contribution in [1.82, 2.24) is 0 Å². The van der Waals surface area contributed by atoms with Gasteiger partial charge in [-0.05, 0) is 30.5 Å². The van der Waals surface area contributed by atoms with Crippen molar-refractivity contribution in [2.75, 3.05) is 31.2 Å². The Kier molecular flexibility index (Phi) is 8.26. The summed E-state index contributed by atoms with van der Waals surface area (Å²) in [6.07, 6.45) is 3.49. The van der Waals surface area contributed by atoms with Gasteiger partial charge in [0.2, 0.25) is 0 Å². The maximum absolute atomic E-state index is 5.66. The first-order valence-electron chi connectivity index (χ1n) is 7.43. The topological polar surface area (TPSA) is 38.5 Å². The van der Waals surface area contributed by atoms with Crippen LogP contribution in [0.2, 0.25) is 0 Å². The number of benzene rings is 1. The zero-order valence-corrected chi connectivity index (χ0v) is 12.4. The number of ether oxygens (including phenoxy) is 1. The average molecular weight is 264 g/mol. The summed E-state index contributed by atoms with van der Waals surface area (Å²) in [5, 5.41) is 0. The Morgan fingerprint density at radius 1 is 1.00 bits per heavy atom. The van der Waals surface area contributed by atoms with Gasteiger partial charge in [0.25, 0.3) is 0 Å². The lowest BCUT2D eigenvalue weighted by molar-refractivity contribution is 0.137. The summed E-state index contributed by atoms with van der Waals surface area (Å²) < 4.78 is 5.66. The zero-order valence-electron chi connectivity index (χ0n) is 12.4. The molecule has 3 heteroatoms. The number of nitrogens with two attached hydrogens (primary N) is 1. The fourth-order valence-electron chi connectivity index (χ4n) is 2.01. The van der Waals surface area contributed by atoms with E-state index in [1.165, 1.54) is 17.7 Å². The molecule has 0 aromatic heterocycles. The Balaban J connectivity index is 2.45. The zero-order chi connectivity index (χ0) is 13.9. The number of rotatable bonds is 10. The molecular weight excluding hydrogens is 236 g/mol. The van der Waals surface area contributed by atoms with Crippen LogP contribution in [0.3, 0.4) is 0 Å². The predicted octanol–water partition coefficient (Wildman–Crippen LogP) is 3.18. The highest BCUT2D eigenvalue weighted by Crippen LogP contribution is 2.15. The lowest BCUT2D eigenvalue weighted by Gasteiger charge is -2.24. The number of nitrogens with zero attached hydrogens (tertiary/aromatic N) is 1. The van der Waals surface area contributed by atoms with Crippen LogP contribution >= 0.6 is 0 Å². The first-order valence-corrected chi connectivity index (χ1v) is 7.43. The minimum Gasteiger partial charge on any atom is -0.380 e. The molecule has 0 heterocycles. The fraction of sp³-hybridized carbons (Fsp3) is 0.625. The Morgan fingerprint density at radius 2 is 1.74 bits per heavy atom. The summed E-state index contributed by atoms with van der Waals surface area (Å²) in [4.78, 5) is 2.38. The van der Waals surface area contributed by atoms with E-state index in [1.807, 2.05) is 0 Å². The standard InChI is InChI=1S/C16H28N2O/c1-3-5-12-19-13-11-18(10-4-2)16-8-6-15(14-17)7-9-16/h6-9H,3-5,10-14,17H2,1-2H3. The summed E-state index contributed by atoms with van der Waals surface area (Å²) in [6, 6.07) is 8.53. The lowest BCUT2D eigenvalue weighted by atomic mass is 10.2. The summed E-state index contributed by atoms with van der Waals surface area (Å²) >= 11 is 0. The SMILES string of the molecule is CCCCOCCN(CCC)c1ccc(CN)cc1. The lowest BCUT2D eigenvalue weighted by Crippen LogP contribution is -2.28. The van der Waals surface area contributed by atoms with Crippen LogP contribution in [0.25, 0.3) is 0 Å². The molecule has 0 spiro atoms. The van der Waals surface area contributed by atoms with Crippen molar-refractivity contribution in [2.45, 2.75) is 39.7 Å². The largest absolute Gasteiger partial charge is 0.380 e. The van der Waals surface area contributed by atoms with Crippen molar-refractivity contribution in [3.8, 4) is 0 Å². The van der Waals surface area contributed by atoms with Crippen molar-refractivity contribution in [3.63, 3.8) is 0 Å². The van der Waals surface area contributed by atoms with Gasteiger partial charge in [-0.3, -0.25) is 0 Å². The van der Waals surface area contributed by atoms with Crippen LogP contribution in [-0.4, -0.2) is 26.3 Å². The van der Waals surface area contributed by atoms with Crippen molar-refractivity contribution >= 4 is 5.69 Å². The number of unbranched alkanes of at least 4 members (excludes halogenated alkanes) is 1. The van der Waals surface area contributed by atoms with Crippen LogP contribution < -0.4 is 10.6 Å². The molecule has 0 aliphatic rings. The third-order valence-corrected chi connectivity index (χ3v) is 3.18. The second-order valence-corrected chi connectivity index (χ2v) is 4.82. The summed E-state index contributed by atoms with van der Waals surface area (Å²) in [7, 11) is 0. The van der Waals surface area contributed by atoms with E-state index < -0.39 is 0 Å². The Morgan fingerprint density at radius 3 is 2.32 bits per heavy atom. The predicted molar refractivity (Wildman–Crippen MR) is 82.6 cm³/mol. The molecule has 1 aromatic carbocycles. The molecule has 0 aliphatic heterocycles. The second-order valence-electron chi connectivity index (χ2n) is 4.82. The van der Waals surface area contributed by atoms with Gasteiger partial charge >= 0.3 is 0 Å². The molecule has 3 nitrogen and oxygen atoms in total. The summed E-state index contributed by atoms with van der Waals surface area (Å²) in [5.41, 5.74) is 8.07. The molecule has 0 unspecified atom stereocenters. The van der Waals surface area contributed by atoms with Crippen LogP contribution in [0, 0.1) is 0 Å². The van der Waals surface area contributed by atoms with E-state index in [2.05, 4.69) is 43.0 Å². The molecule has 2 N–H and O–H groups in total. The third-order valence-electron chi connectivity index (χ3n) is 3.18. The Labute approximate surface area is 117 Å². The molecule has 108 valence electrons. The maximum Gasteiger partial charge on any atom is 0.0641 e. The number of hydrogen-bond acceptors (Lipinski definition) is 3. The van der Waals surface area contributed by atoms with Gasteiger partial charge in [-0.25, -0.2) is 0 Å². The van der Waals surface area contributed by atoms with E-state index in [4.69, 9.17) is 10.5 Å². The van der Waals surface area contributed by atoms with Gasteiger partial charge in [-0.15, -0.1) is 0 Å². The van der Waals surface area contributed by atoms with Crippen LogP contribution in [-0.2, 0) is 11.3 Å². The Bertz CT molecular complexity index is 324. The van der Waals surface area contributed by atoms with Crippen LogP contribution in [0.4, 0.5) is 5.69 Å². The van der Waals surface area contributed by atoms with Gasteiger partial charge in [0, 0.05) is 31.9 Å². The summed E-state index contributed by atoms with van der Waals surface area (Å²) in [5.74, 6) is 0. The van der Waals surface area contributed by atoms with E-state index >= 15 is 0 Å². The first-order chi connectivity index (χ1) is 9.31. The molecule has 0 radical (unpaired) electrons. The maximum atomic E-state index is 5.66. The van der Waals surface area contributed by atoms with Gasteiger partial charge in [0.1, 0.15) is 0 Å². The van der Waals surface area contributed by atoms with Crippen molar-refractivity contribution in [3.05, 3.63) is 29.8 Å². The highest BCUT2D eigenvalue weighted by Gasteiger charge is 2.05. The smallest absolute Gasteiger partial charge is 0.0641 e.